The lowest BCUT2D eigenvalue weighted by atomic mass is 10.2. The molecule has 0 amide bonds. The van der Waals surface area contributed by atoms with E-state index in [1.807, 2.05) is 31.3 Å². The molecule has 1 atom stereocenters. The van der Waals surface area contributed by atoms with E-state index >= 15 is 0 Å². The highest BCUT2D eigenvalue weighted by Gasteiger charge is 2.07. The Morgan fingerprint density at radius 1 is 1.32 bits per heavy atom. The van der Waals surface area contributed by atoms with Crippen LogP contribution in [0.15, 0.2) is 47.1 Å². The Bertz CT molecular complexity index is 524. The van der Waals surface area contributed by atoms with Crippen LogP contribution in [0.5, 0.6) is 5.75 Å². The van der Waals surface area contributed by atoms with Gasteiger partial charge in [0.25, 0.3) is 0 Å². The highest BCUT2D eigenvalue weighted by Crippen LogP contribution is 2.18. The first-order valence-electron chi connectivity index (χ1n) is 6.41. The molecule has 0 spiro atoms. The summed E-state index contributed by atoms with van der Waals surface area (Å²) < 4.78 is 9.02. The van der Waals surface area contributed by atoms with Gasteiger partial charge in [-0.15, -0.1) is 0 Å². The lowest BCUT2D eigenvalue weighted by Gasteiger charge is -2.15. The van der Waals surface area contributed by atoms with E-state index in [0.717, 1.165) is 16.8 Å². The fourth-order valence-corrected chi connectivity index (χ4v) is 2.37. The first-order chi connectivity index (χ1) is 9.20. The zero-order valence-corrected chi connectivity index (χ0v) is 12.9. The van der Waals surface area contributed by atoms with Crippen molar-refractivity contribution in [2.45, 2.75) is 19.5 Å². The molecule has 0 fully saturated rings. The van der Waals surface area contributed by atoms with Crippen LogP contribution in [-0.4, -0.2) is 18.2 Å². The molecule has 102 valence electrons. The quantitative estimate of drug-likeness (QED) is 0.879. The van der Waals surface area contributed by atoms with Crippen molar-refractivity contribution < 1.29 is 4.74 Å². The Morgan fingerprint density at radius 3 is 2.89 bits per heavy atom. The van der Waals surface area contributed by atoms with Gasteiger partial charge in [-0.05, 0) is 44.3 Å². The Hall–Kier alpha value is -1.26. The van der Waals surface area contributed by atoms with Gasteiger partial charge in [-0.2, -0.15) is 0 Å². The number of nitrogens with one attached hydrogen (secondary N) is 1. The van der Waals surface area contributed by atoms with Crippen LogP contribution < -0.4 is 10.1 Å². The third kappa shape index (κ3) is 3.85. The minimum absolute atomic E-state index is 0.348. The smallest absolute Gasteiger partial charge is 0.120 e. The van der Waals surface area contributed by atoms with E-state index in [0.29, 0.717) is 12.6 Å². The number of hydrogen-bond acceptors (Lipinski definition) is 2. The normalized spacial score (nSPS) is 12.4. The minimum atomic E-state index is 0.348. The Balaban J connectivity index is 1.91. The first-order valence-corrected chi connectivity index (χ1v) is 7.20. The molecule has 0 saturated heterocycles. The number of rotatable bonds is 6. The fourth-order valence-electron chi connectivity index (χ4n) is 1.99. The van der Waals surface area contributed by atoms with E-state index in [2.05, 4.69) is 51.1 Å². The predicted molar refractivity (Wildman–Crippen MR) is 81.5 cm³/mol. The fraction of sp³-hybridized carbons (Fsp3) is 0.333. The van der Waals surface area contributed by atoms with Crippen molar-refractivity contribution in [2.75, 3.05) is 13.7 Å². The maximum absolute atomic E-state index is 5.76. The van der Waals surface area contributed by atoms with Gasteiger partial charge in [0.1, 0.15) is 12.4 Å². The number of benzene rings is 1. The van der Waals surface area contributed by atoms with Gasteiger partial charge in [0.2, 0.25) is 0 Å². The maximum Gasteiger partial charge on any atom is 0.120 e. The number of nitrogens with zero attached hydrogens (tertiary/aromatic N) is 1. The average Bonchev–Trinajstić information content (AvgIpc) is 2.86. The zero-order valence-electron chi connectivity index (χ0n) is 11.3. The lowest BCUT2D eigenvalue weighted by molar-refractivity contribution is 0.295. The molecule has 0 radical (unpaired) electrons. The third-order valence-electron chi connectivity index (χ3n) is 3.14. The highest BCUT2D eigenvalue weighted by molar-refractivity contribution is 9.10. The van der Waals surface area contributed by atoms with Crippen molar-refractivity contribution in [3.63, 3.8) is 0 Å². The second-order valence-corrected chi connectivity index (χ2v) is 5.36. The Kier molecular flexibility index (Phi) is 5.05. The van der Waals surface area contributed by atoms with Crippen LogP contribution in [0, 0.1) is 0 Å². The Labute approximate surface area is 122 Å². The second-order valence-electron chi connectivity index (χ2n) is 4.44. The molecular weight excluding hydrogens is 304 g/mol. The van der Waals surface area contributed by atoms with E-state index in [-0.39, 0.29) is 0 Å². The van der Waals surface area contributed by atoms with Gasteiger partial charge in [0, 0.05) is 22.4 Å². The van der Waals surface area contributed by atoms with E-state index in [4.69, 9.17) is 4.74 Å². The molecule has 2 rings (SSSR count). The van der Waals surface area contributed by atoms with E-state index in [1.54, 1.807) is 0 Å². The monoisotopic (exact) mass is 322 g/mol. The molecule has 1 aromatic carbocycles. The lowest BCUT2D eigenvalue weighted by Crippen LogP contribution is -2.18. The number of hydrogen-bond donors (Lipinski definition) is 1. The van der Waals surface area contributed by atoms with Crippen molar-refractivity contribution in [1.29, 1.82) is 0 Å². The molecule has 1 unspecified atom stereocenters. The van der Waals surface area contributed by atoms with Crippen molar-refractivity contribution >= 4 is 15.9 Å². The standard InChI is InChI=1S/C15H19BrN2O/c1-12(17-2)15-7-4-8-18(15)9-10-19-14-6-3-5-13(16)11-14/h3-8,11-12,17H,9-10H2,1-2H3. The van der Waals surface area contributed by atoms with E-state index in [1.165, 1.54) is 5.69 Å². The summed E-state index contributed by atoms with van der Waals surface area (Å²) in [6.45, 7) is 3.66. The first kappa shape index (κ1) is 14.2. The topological polar surface area (TPSA) is 26.2 Å². The van der Waals surface area contributed by atoms with Crippen LogP contribution in [0.4, 0.5) is 0 Å². The van der Waals surface area contributed by atoms with Gasteiger partial charge in [-0.25, -0.2) is 0 Å². The molecule has 0 aliphatic heterocycles. The van der Waals surface area contributed by atoms with Gasteiger partial charge in [0.05, 0.1) is 6.54 Å². The Morgan fingerprint density at radius 2 is 2.16 bits per heavy atom. The molecule has 0 aliphatic rings. The molecule has 3 nitrogen and oxygen atoms in total. The molecule has 4 heteroatoms. The summed E-state index contributed by atoms with van der Waals surface area (Å²) in [5.41, 5.74) is 1.28. The van der Waals surface area contributed by atoms with Crippen LogP contribution in [0.2, 0.25) is 0 Å². The second kappa shape index (κ2) is 6.78. The maximum atomic E-state index is 5.76. The van der Waals surface area contributed by atoms with E-state index in [9.17, 15) is 0 Å². The highest BCUT2D eigenvalue weighted by atomic mass is 79.9. The van der Waals surface area contributed by atoms with Crippen LogP contribution >= 0.6 is 15.9 Å². The molecule has 0 aliphatic carbocycles. The van der Waals surface area contributed by atoms with Crippen molar-refractivity contribution in [3.8, 4) is 5.75 Å². The third-order valence-corrected chi connectivity index (χ3v) is 3.63. The van der Waals surface area contributed by atoms with Gasteiger partial charge in [-0.3, -0.25) is 0 Å². The average molecular weight is 323 g/mol. The zero-order chi connectivity index (χ0) is 13.7. The predicted octanol–water partition coefficient (Wildman–Crippen LogP) is 3.61. The van der Waals surface area contributed by atoms with Gasteiger partial charge >= 0.3 is 0 Å². The van der Waals surface area contributed by atoms with Crippen molar-refractivity contribution in [3.05, 3.63) is 52.8 Å². The van der Waals surface area contributed by atoms with Gasteiger partial charge in [-0.1, -0.05) is 22.0 Å². The van der Waals surface area contributed by atoms with Crippen molar-refractivity contribution in [2.24, 2.45) is 0 Å². The molecule has 1 aromatic heterocycles. The summed E-state index contributed by atoms with van der Waals surface area (Å²) in [5.74, 6) is 0.893. The molecule has 2 aromatic rings. The summed E-state index contributed by atoms with van der Waals surface area (Å²) in [4.78, 5) is 0. The summed E-state index contributed by atoms with van der Waals surface area (Å²) in [7, 11) is 1.97. The summed E-state index contributed by atoms with van der Waals surface area (Å²) in [6, 6.07) is 12.5. The molecule has 1 heterocycles. The van der Waals surface area contributed by atoms with Crippen LogP contribution in [0.25, 0.3) is 0 Å². The summed E-state index contributed by atoms with van der Waals surface area (Å²) in [5, 5.41) is 3.26. The molecule has 0 saturated carbocycles. The van der Waals surface area contributed by atoms with Crippen LogP contribution in [0.3, 0.4) is 0 Å². The van der Waals surface area contributed by atoms with Gasteiger partial charge in [0.15, 0.2) is 0 Å². The van der Waals surface area contributed by atoms with Crippen LogP contribution in [-0.2, 0) is 6.54 Å². The molecule has 1 N–H and O–H groups in total. The SMILES string of the molecule is CNC(C)c1cccn1CCOc1cccc(Br)c1. The molecule has 19 heavy (non-hydrogen) atoms. The summed E-state index contributed by atoms with van der Waals surface area (Å²) in [6.07, 6.45) is 2.09. The molecular formula is C15H19BrN2O. The number of halogens is 1. The summed E-state index contributed by atoms with van der Waals surface area (Å²) >= 11 is 3.44. The van der Waals surface area contributed by atoms with Crippen LogP contribution in [0.1, 0.15) is 18.7 Å². The minimum Gasteiger partial charge on any atom is -0.492 e. The van der Waals surface area contributed by atoms with Gasteiger partial charge < -0.3 is 14.6 Å². The molecule has 0 bridgehead atoms. The van der Waals surface area contributed by atoms with Crippen molar-refractivity contribution in [1.82, 2.24) is 9.88 Å². The number of aromatic nitrogens is 1. The number of ether oxygens (including phenoxy) is 1. The largest absolute Gasteiger partial charge is 0.492 e. The van der Waals surface area contributed by atoms with E-state index < -0.39 is 0 Å².